The molecule has 0 aromatic rings. The molecular weight excluding hydrogens is 176 g/mol. The quantitative estimate of drug-likeness (QED) is 0.712. The van der Waals surface area contributed by atoms with Crippen LogP contribution in [-0.4, -0.2) is 18.5 Å². The zero-order chi connectivity index (χ0) is 10.0. The van der Waals surface area contributed by atoms with Gasteiger partial charge in [-0.05, 0) is 25.7 Å². The monoisotopic (exact) mass is 196 g/mol. The normalized spacial score (nSPS) is 25.8. The van der Waals surface area contributed by atoms with E-state index >= 15 is 0 Å². The number of nitrogens with two attached hydrogens (primary N) is 1. The van der Waals surface area contributed by atoms with Gasteiger partial charge >= 0.3 is 0 Å². The van der Waals surface area contributed by atoms with Gasteiger partial charge in [0, 0.05) is 12.6 Å². The summed E-state index contributed by atoms with van der Waals surface area (Å²) in [4.78, 5) is 12.0. The summed E-state index contributed by atoms with van der Waals surface area (Å²) in [5.74, 6) is 0.224. The predicted octanol–water partition coefficient (Wildman–Crippen LogP) is 1.17. The highest BCUT2D eigenvalue weighted by Gasteiger charge is 2.40. The van der Waals surface area contributed by atoms with Gasteiger partial charge in [0.1, 0.15) is 0 Å². The lowest BCUT2D eigenvalue weighted by Crippen LogP contribution is -2.47. The van der Waals surface area contributed by atoms with E-state index in [-0.39, 0.29) is 11.3 Å². The molecule has 0 unspecified atom stereocenters. The summed E-state index contributed by atoms with van der Waals surface area (Å²) in [7, 11) is 0. The van der Waals surface area contributed by atoms with Crippen LogP contribution in [-0.2, 0) is 4.79 Å². The molecule has 0 aliphatic heterocycles. The third-order valence-electron chi connectivity index (χ3n) is 3.60. The van der Waals surface area contributed by atoms with Gasteiger partial charge in [0.25, 0.3) is 0 Å². The number of hydrogen-bond acceptors (Lipinski definition) is 2. The van der Waals surface area contributed by atoms with Crippen LogP contribution in [0.25, 0.3) is 0 Å². The van der Waals surface area contributed by atoms with E-state index in [2.05, 4.69) is 5.32 Å². The van der Waals surface area contributed by atoms with Crippen LogP contribution >= 0.6 is 0 Å². The van der Waals surface area contributed by atoms with E-state index in [0.717, 1.165) is 38.5 Å². The zero-order valence-corrected chi connectivity index (χ0v) is 8.72. The summed E-state index contributed by atoms with van der Waals surface area (Å²) in [6.07, 6.45) is 7.88. The SMILES string of the molecule is NCC1(C(=O)NC2CC2)CCCCC1. The highest BCUT2D eigenvalue weighted by molar-refractivity contribution is 5.83. The molecule has 3 N–H and O–H groups in total. The summed E-state index contributed by atoms with van der Waals surface area (Å²) < 4.78 is 0. The van der Waals surface area contributed by atoms with Gasteiger partial charge in [-0.1, -0.05) is 19.3 Å². The molecule has 0 saturated heterocycles. The average molecular weight is 196 g/mol. The molecule has 14 heavy (non-hydrogen) atoms. The molecule has 0 atom stereocenters. The van der Waals surface area contributed by atoms with E-state index in [1.807, 2.05) is 0 Å². The molecule has 2 fully saturated rings. The van der Waals surface area contributed by atoms with Gasteiger partial charge < -0.3 is 11.1 Å². The van der Waals surface area contributed by atoms with Crippen LogP contribution < -0.4 is 11.1 Å². The fourth-order valence-corrected chi connectivity index (χ4v) is 2.32. The molecule has 3 nitrogen and oxygen atoms in total. The van der Waals surface area contributed by atoms with Gasteiger partial charge in [-0.2, -0.15) is 0 Å². The van der Waals surface area contributed by atoms with E-state index in [1.54, 1.807) is 0 Å². The Morgan fingerprint density at radius 1 is 1.29 bits per heavy atom. The predicted molar refractivity (Wildman–Crippen MR) is 55.7 cm³/mol. The summed E-state index contributed by atoms with van der Waals surface area (Å²) >= 11 is 0. The van der Waals surface area contributed by atoms with E-state index < -0.39 is 0 Å². The van der Waals surface area contributed by atoms with Crippen molar-refractivity contribution in [2.24, 2.45) is 11.1 Å². The maximum Gasteiger partial charge on any atom is 0.227 e. The Morgan fingerprint density at radius 2 is 1.93 bits per heavy atom. The largest absolute Gasteiger partial charge is 0.353 e. The summed E-state index contributed by atoms with van der Waals surface area (Å²) in [5.41, 5.74) is 5.55. The van der Waals surface area contributed by atoms with Gasteiger partial charge in [0.05, 0.1) is 5.41 Å². The van der Waals surface area contributed by atoms with E-state index in [0.29, 0.717) is 12.6 Å². The van der Waals surface area contributed by atoms with Gasteiger partial charge in [-0.3, -0.25) is 4.79 Å². The average Bonchev–Trinajstić information content (AvgIpc) is 3.02. The Bertz CT molecular complexity index is 217. The highest BCUT2D eigenvalue weighted by atomic mass is 16.2. The standard InChI is InChI=1S/C11H20N2O/c12-8-11(6-2-1-3-7-11)10(14)13-9-4-5-9/h9H,1-8,12H2,(H,13,14). The van der Waals surface area contributed by atoms with Crippen molar-refractivity contribution in [3.63, 3.8) is 0 Å². The van der Waals surface area contributed by atoms with Crippen LogP contribution in [0.5, 0.6) is 0 Å². The minimum absolute atomic E-state index is 0.221. The van der Waals surface area contributed by atoms with Gasteiger partial charge in [0.15, 0.2) is 0 Å². The molecule has 2 aliphatic carbocycles. The lowest BCUT2D eigenvalue weighted by molar-refractivity contribution is -0.132. The molecule has 0 radical (unpaired) electrons. The topological polar surface area (TPSA) is 55.1 Å². The van der Waals surface area contributed by atoms with Crippen LogP contribution in [0.3, 0.4) is 0 Å². The second kappa shape index (κ2) is 3.89. The molecule has 2 saturated carbocycles. The molecule has 0 heterocycles. The van der Waals surface area contributed by atoms with E-state index in [1.165, 1.54) is 6.42 Å². The van der Waals surface area contributed by atoms with E-state index in [4.69, 9.17) is 5.73 Å². The Hall–Kier alpha value is -0.570. The van der Waals surface area contributed by atoms with Gasteiger partial charge in [-0.25, -0.2) is 0 Å². The fraction of sp³-hybridized carbons (Fsp3) is 0.909. The molecule has 3 heteroatoms. The van der Waals surface area contributed by atoms with Gasteiger partial charge in [-0.15, -0.1) is 0 Å². The minimum atomic E-state index is -0.221. The van der Waals surface area contributed by atoms with Crippen LogP contribution in [0.1, 0.15) is 44.9 Å². The molecule has 0 aromatic heterocycles. The first-order valence-electron chi connectivity index (χ1n) is 5.78. The van der Waals surface area contributed by atoms with Crippen molar-refractivity contribution in [1.29, 1.82) is 0 Å². The second-order valence-corrected chi connectivity index (χ2v) is 4.79. The highest BCUT2D eigenvalue weighted by Crippen LogP contribution is 2.36. The van der Waals surface area contributed by atoms with Crippen molar-refractivity contribution in [3.05, 3.63) is 0 Å². The van der Waals surface area contributed by atoms with Crippen molar-refractivity contribution in [2.45, 2.75) is 51.0 Å². The zero-order valence-electron chi connectivity index (χ0n) is 8.72. The van der Waals surface area contributed by atoms with E-state index in [9.17, 15) is 4.79 Å². The second-order valence-electron chi connectivity index (χ2n) is 4.79. The Morgan fingerprint density at radius 3 is 2.43 bits per heavy atom. The minimum Gasteiger partial charge on any atom is -0.353 e. The molecular formula is C11H20N2O. The molecule has 2 rings (SSSR count). The Balaban J connectivity index is 1.97. The Labute approximate surface area is 85.4 Å². The van der Waals surface area contributed by atoms with Crippen molar-refractivity contribution in [3.8, 4) is 0 Å². The third-order valence-corrected chi connectivity index (χ3v) is 3.60. The molecule has 0 bridgehead atoms. The van der Waals surface area contributed by atoms with Crippen LogP contribution in [0, 0.1) is 5.41 Å². The summed E-state index contributed by atoms with van der Waals surface area (Å²) in [6.45, 7) is 0.519. The molecule has 0 aromatic carbocycles. The maximum atomic E-state index is 12.0. The molecule has 1 amide bonds. The first-order valence-corrected chi connectivity index (χ1v) is 5.78. The fourth-order valence-electron chi connectivity index (χ4n) is 2.32. The van der Waals surface area contributed by atoms with Crippen molar-refractivity contribution >= 4 is 5.91 Å². The number of hydrogen-bond donors (Lipinski definition) is 2. The van der Waals surface area contributed by atoms with Crippen molar-refractivity contribution in [1.82, 2.24) is 5.32 Å². The summed E-state index contributed by atoms with van der Waals surface area (Å²) in [5, 5.41) is 3.10. The first kappa shape index (κ1) is 9.97. The third kappa shape index (κ3) is 1.92. The van der Waals surface area contributed by atoms with Gasteiger partial charge in [0.2, 0.25) is 5.91 Å². The van der Waals surface area contributed by atoms with Crippen LogP contribution in [0.15, 0.2) is 0 Å². The lowest BCUT2D eigenvalue weighted by atomic mass is 9.73. The van der Waals surface area contributed by atoms with Crippen LogP contribution in [0.4, 0.5) is 0 Å². The first-order chi connectivity index (χ1) is 6.77. The van der Waals surface area contributed by atoms with Crippen molar-refractivity contribution in [2.75, 3.05) is 6.54 Å². The summed E-state index contributed by atoms with van der Waals surface area (Å²) in [6, 6.07) is 0.466. The van der Waals surface area contributed by atoms with Crippen LogP contribution in [0.2, 0.25) is 0 Å². The van der Waals surface area contributed by atoms with Crippen molar-refractivity contribution < 1.29 is 4.79 Å². The number of amides is 1. The number of carbonyl (C=O) groups is 1. The Kier molecular flexibility index (Phi) is 2.77. The number of carbonyl (C=O) groups excluding carboxylic acids is 1. The number of nitrogens with one attached hydrogen (secondary N) is 1. The number of rotatable bonds is 3. The molecule has 0 spiro atoms. The molecule has 80 valence electrons. The smallest absolute Gasteiger partial charge is 0.227 e. The maximum absolute atomic E-state index is 12.0. The lowest BCUT2D eigenvalue weighted by Gasteiger charge is -2.34. The molecule has 2 aliphatic rings.